The van der Waals surface area contributed by atoms with Crippen LogP contribution in [-0.4, -0.2) is 40.9 Å². The van der Waals surface area contributed by atoms with Crippen LogP contribution in [0.2, 0.25) is 0 Å². The van der Waals surface area contributed by atoms with E-state index in [-0.39, 0.29) is 22.9 Å². The predicted molar refractivity (Wildman–Crippen MR) is 107 cm³/mol. The van der Waals surface area contributed by atoms with Crippen molar-refractivity contribution >= 4 is 31.8 Å². The van der Waals surface area contributed by atoms with Gasteiger partial charge in [-0.1, -0.05) is 6.07 Å². The van der Waals surface area contributed by atoms with Gasteiger partial charge in [-0.05, 0) is 54.8 Å². The van der Waals surface area contributed by atoms with Gasteiger partial charge in [-0.3, -0.25) is 4.79 Å². The van der Waals surface area contributed by atoms with Gasteiger partial charge in [-0.2, -0.15) is 21.6 Å². The molecule has 1 heterocycles. The summed E-state index contributed by atoms with van der Waals surface area (Å²) in [5.41, 5.74) is -0.451. The van der Waals surface area contributed by atoms with Crippen LogP contribution in [0.4, 0.5) is 18.9 Å². The number of hydrogen-bond acceptors (Lipinski definition) is 6. The van der Waals surface area contributed by atoms with E-state index in [9.17, 15) is 39.9 Å². The van der Waals surface area contributed by atoms with Crippen molar-refractivity contribution in [1.82, 2.24) is 9.44 Å². The van der Waals surface area contributed by atoms with E-state index in [1.165, 1.54) is 18.2 Å². The molecule has 3 rings (SSSR count). The molecule has 1 aliphatic rings. The Hall–Kier alpha value is -2.84. The van der Waals surface area contributed by atoms with E-state index in [0.29, 0.717) is 30.5 Å². The summed E-state index contributed by atoms with van der Waals surface area (Å²) in [7, 11) is -8.06. The highest BCUT2D eigenvalue weighted by atomic mass is 32.2. The van der Waals surface area contributed by atoms with E-state index in [4.69, 9.17) is 0 Å². The lowest BCUT2D eigenvalue weighted by atomic mass is 10.1. The number of phenolic OH excluding ortho intramolecular Hbond substituents is 1. The van der Waals surface area contributed by atoms with Crippen molar-refractivity contribution in [3.05, 3.63) is 53.6 Å². The first-order valence-corrected chi connectivity index (χ1v) is 12.0. The second-order valence-electron chi connectivity index (χ2n) is 6.88. The summed E-state index contributed by atoms with van der Waals surface area (Å²) in [6.07, 6.45) is -3.96. The molecule has 0 unspecified atom stereocenters. The molecule has 1 aliphatic heterocycles. The molecule has 174 valence electrons. The van der Waals surface area contributed by atoms with Crippen LogP contribution in [0.25, 0.3) is 0 Å². The second-order valence-corrected chi connectivity index (χ2v) is 10.2. The number of hydrogen-bond donors (Lipinski definition) is 3. The molecule has 1 saturated heterocycles. The first kappa shape index (κ1) is 23.8. The monoisotopic (exact) mass is 493 g/mol. The molecule has 9 nitrogen and oxygen atoms in total. The SMILES string of the molecule is O=C1CN(c2ccc(CCCNS(=O)(=O)c3ccc(C(F)(F)F)cc3)cc2O)S(=O)(=O)N1. The lowest BCUT2D eigenvalue weighted by Crippen LogP contribution is -2.29. The maximum absolute atomic E-state index is 12.6. The number of anilines is 1. The van der Waals surface area contributed by atoms with Crippen molar-refractivity contribution in [3.8, 4) is 5.75 Å². The van der Waals surface area contributed by atoms with Crippen LogP contribution >= 0.6 is 0 Å². The molecule has 0 saturated carbocycles. The van der Waals surface area contributed by atoms with E-state index in [1.807, 2.05) is 0 Å². The molecule has 0 aromatic heterocycles. The molecule has 2 aromatic carbocycles. The number of carbonyl (C=O) groups is 1. The van der Waals surface area contributed by atoms with Crippen molar-refractivity contribution in [2.75, 3.05) is 17.4 Å². The zero-order chi connectivity index (χ0) is 23.7. The van der Waals surface area contributed by atoms with Gasteiger partial charge < -0.3 is 5.11 Å². The van der Waals surface area contributed by atoms with Crippen molar-refractivity contribution in [3.63, 3.8) is 0 Å². The quantitative estimate of drug-likeness (QED) is 0.501. The summed E-state index contributed by atoms with van der Waals surface area (Å²) < 4.78 is 90.7. The van der Waals surface area contributed by atoms with Gasteiger partial charge in [-0.15, -0.1) is 0 Å². The first-order chi connectivity index (χ1) is 14.8. The van der Waals surface area contributed by atoms with E-state index in [0.717, 1.165) is 16.4 Å². The third-order valence-electron chi connectivity index (χ3n) is 4.55. The molecule has 1 fully saturated rings. The molecule has 14 heteroatoms. The predicted octanol–water partition coefficient (Wildman–Crippen LogP) is 1.50. The second kappa shape index (κ2) is 8.60. The minimum atomic E-state index is -4.57. The summed E-state index contributed by atoms with van der Waals surface area (Å²) >= 11 is 0. The number of aromatic hydroxyl groups is 1. The minimum Gasteiger partial charge on any atom is -0.506 e. The van der Waals surface area contributed by atoms with Crippen LogP contribution in [0.3, 0.4) is 0 Å². The van der Waals surface area contributed by atoms with Crippen LogP contribution in [0.5, 0.6) is 5.75 Å². The zero-order valence-electron chi connectivity index (χ0n) is 16.3. The number of aryl methyl sites for hydroxylation is 1. The Kier molecular flexibility index (Phi) is 6.40. The van der Waals surface area contributed by atoms with Gasteiger partial charge in [0, 0.05) is 6.54 Å². The molecular formula is C18H18F3N3O6S2. The van der Waals surface area contributed by atoms with E-state index in [1.54, 1.807) is 4.72 Å². The molecule has 0 atom stereocenters. The minimum absolute atomic E-state index is 0.0230. The normalized spacial score (nSPS) is 16.2. The number of rotatable bonds is 7. The average molecular weight is 493 g/mol. The molecule has 1 amide bonds. The van der Waals surface area contributed by atoms with Gasteiger partial charge in [0.2, 0.25) is 10.0 Å². The number of benzene rings is 2. The summed E-state index contributed by atoms with van der Waals surface area (Å²) in [5.74, 6) is -1.10. The number of phenols is 1. The van der Waals surface area contributed by atoms with Gasteiger partial charge in [0.1, 0.15) is 12.3 Å². The highest BCUT2D eigenvalue weighted by Gasteiger charge is 2.35. The third-order valence-corrected chi connectivity index (χ3v) is 7.42. The van der Waals surface area contributed by atoms with Crippen molar-refractivity contribution < 1.29 is 39.9 Å². The molecule has 0 radical (unpaired) electrons. The maximum atomic E-state index is 12.6. The number of halogens is 3. The van der Waals surface area contributed by atoms with Crippen LogP contribution < -0.4 is 13.7 Å². The van der Waals surface area contributed by atoms with E-state index < -0.39 is 44.4 Å². The van der Waals surface area contributed by atoms with E-state index in [2.05, 4.69) is 4.72 Å². The summed E-state index contributed by atoms with van der Waals surface area (Å²) in [5, 5.41) is 10.1. The Labute approximate surface area is 182 Å². The molecule has 32 heavy (non-hydrogen) atoms. The Bertz CT molecular complexity index is 1230. The van der Waals surface area contributed by atoms with Crippen LogP contribution in [-0.2, 0) is 37.6 Å². The number of nitrogens with one attached hydrogen (secondary N) is 2. The number of nitrogens with zero attached hydrogens (tertiary/aromatic N) is 1. The number of carbonyl (C=O) groups excluding carboxylic acids is 1. The molecule has 3 N–H and O–H groups in total. The van der Waals surface area contributed by atoms with Gasteiger partial charge in [0.15, 0.2) is 0 Å². The van der Waals surface area contributed by atoms with Crippen molar-refractivity contribution in [2.24, 2.45) is 0 Å². The molecule has 0 bridgehead atoms. The largest absolute Gasteiger partial charge is 0.506 e. The van der Waals surface area contributed by atoms with Crippen LogP contribution in [0, 0.1) is 0 Å². The fraction of sp³-hybridized carbons (Fsp3) is 0.278. The first-order valence-electron chi connectivity index (χ1n) is 9.12. The molecule has 0 aliphatic carbocycles. The summed E-state index contributed by atoms with van der Waals surface area (Å²) in [4.78, 5) is 11.0. The lowest BCUT2D eigenvalue weighted by Gasteiger charge is -2.16. The average Bonchev–Trinajstić information content (AvgIpc) is 2.96. The Morgan fingerprint density at radius 3 is 2.31 bits per heavy atom. The highest BCUT2D eigenvalue weighted by molar-refractivity contribution is 7.92. The Balaban J connectivity index is 1.57. The topological polar surface area (TPSA) is 133 Å². The summed E-state index contributed by atoms with van der Waals surface area (Å²) in [6.45, 7) is -0.480. The lowest BCUT2D eigenvalue weighted by molar-refractivity contribution is -0.137. The third kappa shape index (κ3) is 5.31. The number of sulfonamides is 1. The fourth-order valence-electron chi connectivity index (χ4n) is 3.00. The van der Waals surface area contributed by atoms with Gasteiger partial charge >= 0.3 is 16.4 Å². The maximum Gasteiger partial charge on any atom is 0.416 e. The molecule has 2 aromatic rings. The zero-order valence-corrected chi connectivity index (χ0v) is 17.9. The van der Waals surface area contributed by atoms with E-state index >= 15 is 0 Å². The molecular weight excluding hydrogens is 475 g/mol. The summed E-state index contributed by atoms with van der Waals surface area (Å²) in [6, 6.07) is 7.26. The van der Waals surface area contributed by atoms with Crippen LogP contribution in [0.1, 0.15) is 17.5 Å². The van der Waals surface area contributed by atoms with Gasteiger partial charge in [0.05, 0.1) is 16.1 Å². The smallest absolute Gasteiger partial charge is 0.416 e. The number of amides is 1. The van der Waals surface area contributed by atoms with Gasteiger partial charge in [0.25, 0.3) is 5.91 Å². The Morgan fingerprint density at radius 2 is 1.78 bits per heavy atom. The fourth-order valence-corrected chi connectivity index (χ4v) is 5.24. The van der Waals surface area contributed by atoms with Crippen molar-refractivity contribution in [2.45, 2.75) is 23.9 Å². The highest BCUT2D eigenvalue weighted by Crippen LogP contribution is 2.32. The molecule has 0 spiro atoms. The van der Waals surface area contributed by atoms with Gasteiger partial charge in [-0.25, -0.2) is 22.2 Å². The van der Waals surface area contributed by atoms with Crippen LogP contribution in [0.15, 0.2) is 47.4 Å². The van der Waals surface area contributed by atoms with Crippen molar-refractivity contribution in [1.29, 1.82) is 0 Å². The standard InChI is InChI=1S/C18H18F3N3O6S2/c19-18(20,21)13-4-6-14(7-5-13)31(27,28)22-9-1-2-12-3-8-15(16(25)10-12)24-11-17(26)23-32(24,29)30/h3-8,10,22,25H,1-2,9,11H2,(H,23,26). The number of alkyl halides is 3. The Morgan fingerprint density at radius 1 is 1.12 bits per heavy atom.